The number of hydrogen-bond donors (Lipinski definition) is 2. The predicted molar refractivity (Wildman–Crippen MR) is 114 cm³/mol. The van der Waals surface area contributed by atoms with E-state index in [9.17, 15) is 14.4 Å². The lowest BCUT2D eigenvalue weighted by Gasteiger charge is -2.13. The van der Waals surface area contributed by atoms with Gasteiger partial charge in [0.1, 0.15) is 6.54 Å². The van der Waals surface area contributed by atoms with Crippen LogP contribution in [0, 0.1) is 0 Å². The molecule has 0 aliphatic rings. The van der Waals surface area contributed by atoms with Crippen molar-refractivity contribution < 1.29 is 14.3 Å². The summed E-state index contributed by atoms with van der Waals surface area (Å²) in [4.78, 5) is 36.9. The van der Waals surface area contributed by atoms with E-state index in [1.807, 2.05) is 32.0 Å². The van der Waals surface area contributed by atoms with Crippen LogP contribution in [0.4, 0.5) is 0 Å². The second kappa shape index (κ2) is 9.78. The Morgan fingerprint density at radius 1 is 1.00 bits per heavy atom. The van der Waals surface area contributed by atoms with E-state index in [0.29, 0.717) is 43.1 Å². The van der Waals surface area contributed by atoms with Gasteiger partial charge in [-0.2, -0.15) is 0 Å². The molecule has 30 heavy (non-hydrogen) atoms. The Labute approximate surface area is 173 Å². The van der Waals surface area contributed by atoms with E-state index in [4.69, 9.17) is 9.47 Å². The highest BCUT2D eigenvalue weighted by Crippen LogP contribution is 2.28. The minimum Gasteiger partial charge on any atom is -0.490 e. The summed E-state index contributed by atoms with van der Waals surface area (Å²) in [5.41, 5.74) is 0.169. The summed E-state index contributed by atoms with van der Waals surface area (Å²) in [7, 11) is 0. The van der Waals surface area contributed by atoms with Gasteiger partial charge in [0.2, 0.25) is 5.91 Å². The SMILES string of the molecule is CCOc1ccc(CCNC(=O)Cn2[nH]c(=O)c3ccccc3c2=O)cc1OCC. The fourth-order valence-electron chi connectivity index (χ4n) is 3.15. The molecular weight excluding hydrogens is 386 g/mol. The largest absolute Gasteiger partial charge is 0.490 e. The molecule has 0 aliphatic heterocycles. The van der Waals surface area contributed by atoms with Crippen LogP contribution in [0.3, 0.4) is 0 Å². The van der Waals surface area contributed by atoms with E-state index in [1.165, 1.54) is 0 Å². The Morgan fingerprint density at radius 3 is 2.43 bits per heavy atom. The number of carbonyl (C=O) groups excluding carboxylic acids is 1. The molecule has 0 bridgehead atoms. The second-order valence-corrected chi connectivity index (χ2v) is 6.62. The van der Waals surface area contributed by atoms with Crippen LogP contribution in [-0.2, 0) is 17.8 Å². The van der Waals surface area contributed by atoms with Gasteiger partial charge in [0.25, 0.3) is 11.1 Å². The summed E-state index contributed by atoms with van der Waals surface area (Å²) < 4.78 is 12.2. The van der Waals surface area contributed by atoms with E-state index in [-0.39, 0.29) is 17.8 Å². The van der Waals surface area contributed by atoms with Crippen LogP contribution < -0.4 is 25.9 Å². The average Bonchev–Trinajstić information content (AvgIpc) is 2.74. The third kappa shape index (κ3) is 4.89. The van der Waals surface area contributed by atoms with Crippen molar-refractivity contribution in [2.45, 2.75) is 26.8 Å². The highest BCUT2D eigenvalue weighted by atomic mass is 16.5. The van der Waals surface area contributed by atoms with Gasteiger partial charge in [-0.15, -0.1) is 0 Å². The summed E-state index contributed by atoms with van der Waals surface area (Å²) in [5.74, 6) is 0.995. The minimum atomic E-state index is -0.409. The van der Waals surface area contributed by atoms with Crippen molar-refractivity contribution in [2.75, 3.05) is 19.8 Å². The summed E-state index contributed by atoms with van der Waals surface area (Å²) in [6, 6.07) is 12.2. The van der Waals surface area contributed by atoms with Crippen LogP contribution >= 0.6 is 0 Å². The second-order valence-electron chi connectivity index (χ2n) is 6.62. The molecule has 0 spiro atoms. The number of aromatic amines is 1. The van der Waals surface area contributed by atoms with E-state index >= 15 is 0 Å². The van der Waals surface area contributed by atoms with Gasteiger partial charge in [-0.05, 0) is 50.1 Å². The fourth-order valence-corrected chi connectivity index (χ4v) is 3.15. The van der Waals surface area contributed by atoms with Gasteiger partial charge < -0.3 is 14.8 Å². The molecule has 8 heteroatoms. The van der Waals surface area contributed by atoms with Crippen molar-refractivity contribution in [2.24, 2.45) is 0 Å². The molecule has 0 radical (unpaired) electrons. The summed E-state index contributed by atoms with van der Waals surface area (Å²) in [6.45, 7) is 5.01. The van der Waals surface area contributed by atoms with Gasteiger partial charge in [-0.3, -0.25) is 19.5 Å². The van der Waals surface area contributed by atoms with E-state index in [2.05, 4.69) is 10.4 Å². The molecule has 8 nitrogen and oxygen atoms in total. The van der Waals surface area contributed by atoms with Crippen molar-refractivity contribution in [1.29, 1.82) is 0 Å². The van der Waals surface area contributed by atoms with Gasteiger partial charge in [-0.25, -0.2) is 4.68 Å². The Bertz CT molecular complexity index is 1150. The van der Waals surface area contributed by atoms with Crippen molar-refractivity contribution >= 4 is 16.7 Å². The number of carbonyl (C=O) groups is 1. The van der Waals surface area contributed by atoms with E-state index in [0.717, 1.165) is 10.2 Å². The molecule has 0 fully saturated rings. The maximum Gasteiger partial charge on any atom is 0.273 e. The Hall–Kier alpha value is -3.55. The fraction of sp³-hybridized carbons (Fsp3) is 0.318. The lowest BCUT2D eigenvalue weighted by atomic mass is 10.1. The Kier molecular flexibility index (Phi) is 6.90. The summed E-state index contributed by atoms with van der Waals surface area (Å²) in [6.07, 6.45) is 0.585. The van der Waals surface area contributed by atoms with Crippen molar-refractivity contribution in [3.05, 3.63) is 68.7 Å². The van der Waals surface area contributed by atoms with Gasteiger partial charge in [0.05, 0.1) is 24.0 Å². The van der Waals surface area contributed by atoms with Gasteiger partial charge in [0.15, 0.2) is 11.5 Å². The number of hydrogen-bond acceptors (Lipinski definition) is 5. The van der Waals surface area contributed by atoms with Crippen LogP contribution in [0.1, 0.15) is 19.4 Å². The minimum absolute atomic E-state index is 0.258. The topological polar surface area (TPSA) is 102 Å². The van der Waals surface area contributed by atoms with Crippen LogP contribution in [0.5, 0.6) is 11.5 Å². The monoisotopic (exact) mass is 411 g/mol. The average molecular weight is 411 g/mol. The Morgan fingerprint density at radius 2 is 1.70 bits per heavy atom. The third-order valence-electron chi connectivity index (χ3n) is 4.53. The lowest BCUT2D eigenvalue weighted by Crippen LogP contribution is -2.37. The maximum atomic E-state index is 12.5. The molecule has 158 valence electrons. The predicted octanol–water partition coefficient (Wildman–Crippen LogP) is 1.85. The van der Waals surface area contributed by atoms with Gasteiger partial charge in [0, 0.05) is 6.54 Å². The molecule has 2 N–H and O–H groups in total. The van der Waals surface area contributed by atoms with E-state index in [1.54, 1.807) is 24.3 Å². The first-order valence-electron chi connectivity index (χ1n) is 9.90. The number of nitrogens with zero attached hydrogens (tertiary/aromatic N) is 1. The molecule has 0 saturated heterocycles. The molecule has 0 saturated carbocycles. The Balaban J connectivity index is 1.62. The number of fused-ring (bicyclic) bond motifs is 1. The first-order valence-corrected chi connectivity index (χ1v) is 9.90. The number of nitrogens with one attached hydrogen (secondary N) is 2. The third-order valence-corrected chi connectivity index (χ3v) is 4.53. The number of benzene rings is 2. The molecule has 1 heterocycles. The smallest absolute Gasteiger partial charge is 0.273 e. The zero-order valence-corrected chi connectivity index (χ0v) is 17.1. The highest BCUT2D eigenvalue weighted by molar-refractivity contribution is 5.81. The molecular formula is C22H25N3O5. The molecule has 0 atom stereocenters. The van der Waals surface area contributed by atoms with Crippen LogP contribution in [0.25, 0.3) is 10.8 Å². The zero-order chi connectivity index (χ0) is 21.5. The van der Waals surface area contributed by atoms with Crippen LogP contribution in [0.2, 0.25) is 0 Å². The van der Waals surface area contributed by atoms with Crippen LogP contribution in [-0.4, -0.2) is 35.4 Å². The number of ether oxygens (including phenoxy) is 2. The van der Waals surface area contributed by atoms with Crippen LogP contribution in [0.15, 0.2) is 52.1 Å². The van der Waals surface area contributed by atoms with Gasteiger partial charge in [-0.1, -0.05) is 18.2 Å². The molecule has 3 aromatic rings. The molecule has 0 unspecified atom stereocenters. The highest BCUT2D eigenvalue weighted by Gasteiger charge is 2.10. The van der Waals surface area contributed by atoms with Crippen molar-refractivity contribution in [1.82, 2.24) is 15.1 Å². The molecule has 2 aromatic carbocycles. The first kappa shape index (κ1) is 21.2. The molecule has 1 amide bonds. The summed E-state index contributed by atoms with van der Waals surface area (Å²) in [5, 5.41) is 5.82. The standard InChI is InChI=1S/C22H25N3O5/c1-3-29-18-10-9-15(13-19(18)30-4-2)11-12-23-20(26)14-25-22(28)17-8-6-5-7-16(17)21(27)24-25/h5-10,13H,3-4,11-12,14H2,1-2H3,(H,23,26)(H,24,27). The quantitative estimate of drug-likeness (QED) is 0.559. The number of aromatic nitrogens is 2. The molecule has 0 aliphatic carbocycles. The molecule has 3 rings (SSSR count). The molecule has 1 aromatic heterocycles. The number of rotatable bonds is 9. The normalized spacial score (nSPS) is 10.7. The van der Waals surface area contributed by atoms with Crippen molar-refractivity contribution in [3.8, 4) is 11.5 Å². The maximum absolute atomic E-state index is 12.5. The number of H-pyrrole nitrogens is 1. The summed E-state index contributed by atoms with van der Waals surface area (Å²) >= 11 is 0. The van der Waals surface area contributed by atoms with Crippen molar-refractivity contribution in [3.63, 3.8) is 0 Å². The first-order chi connectivity index (χ1) is 14.5. The van der Waals surface area contributed by atoms with Gasteiger partial charge >= 0.3 is 0 Å². The lowest BCUT2D eigenvalue weighted by molar-refractivity contribution is -0.121. The zero-order valence-electron chi connectivity index (χ0n) is 17.1. The van der Waals surface area contributed by atoms with E-state index < -0.39 is 11.1 Å². The number of amides is 1.